The molecule has 0 fully saturated rings. The number of imidazole rings is 1. The Labute approximate surface area is 147 Å². The molecule has 3 aromatic rings. The van der Waals surface area contributed by atoms with Crippen LogP contribution in [0, 0.1) is 0 Å². The summed E-state index contributed by atoms with van der Waals surface area (Å²) in [5.41, 5.74) is 0.670. The van der Waals surface area contributed by atoms with Crippen molar-refractivity contribution in [2.24, 2.45) is 5.14 Å². The van der Waals surface area contributed by atoms with E-state index >= 15 is 0 Å². The van der Waals surface area contributed by atoms with Gasteiger partial charge in [-0.05, 0) is 48.5 Å². The van der Waals surface area contributed by atoms with Gasteiger partial charge in [-0.2, -0.15) is 0 Å². The Kier molecular flexibility index (Phi) is 4.59. The maximum absolute atomic E-state index is 13.1. The van der Waals surface area contributed by atoms with Crippen LogP contribution in [0.15, 0.2) is 59.6 Å². The maximum Gasteiger partial charge on any atom is 0.281 e. The highest BCUT2D eigenvalue weighted by atomic mass is 35.5. The van der Waals surface area contributed by atoms with E-state index in [2.05, 4.69) is 4.98 Å². The molecule has 0 aliphatic heterocycles. The van der Waals surface area contributed by atoms with Gasteiger partial charge >= 0.3 is 0 Å². The lowest BCUT2D eigenvalue weighted by Gasteiger charge is -2.08. The summed E-state index contributed by atoms with van der Waals surface area (Å²) in [6.45, 7) is 0. The van der Waals surface area contributed by atoms with Crippen LogP contribution in [0.25, 0.3) is 17.1 Å². The topological polar surface area (TPSA) is 78.0 Å². The summed E-state index contributed by atoms with van der Waals surface area (Å²) in [7, 11) is -3.84. The van der Waals surface area contributed by atoms with Crippen LogP contribution in [0.1, 0.15) is 12.1 Å². The third kappa shape index (κ3) is 3.71. The van der Waals surface area contributed by atoms with Gasteiger partial charge in [0.05, 0.1) is 4.90 Å². The van der Waals surface area contributed by atoms with E-state index in [4.69, 9.17) is 16.7 Å². The van der Waals surface area contributed by atoms with E-state index in [0.29, 0.717) is 16.3 Å². The monoisotopic (exact) mass is 383 g/mol. The molecular weight excluding hydrogens is 372 g/mol. The molecule has 0 aliphatic carbocycles. The van der Waals surface area contributed by atoms with E-state index in [1.54, 1.807) is 24.3 Å². The molecule has 0 saturated carbocycles. The standard InChI is InChI=1S/C16H12ClF2N3O2S/c17-11-3-5-12(6-4-11)22-9-14(15(18)19)21-16(22)10-1-7-13(8-2-10)25(20,23)24/h1-9,15H,(H2,20,23,24). The number of benzene rings is 2. The van der Waals surface area contributed by atoms with E-state index < -0.39 is 16.4 Å². The molecule has 0 aliphatic rings. The van der Waals surface area contributed by atoms with Gasteiger partial charge in [-0.25, -0.2) is 27.3 Å². The van der Waals surface area contributed by atoms with Crippen molar-refractivity contribution >= 4 is 21.6 Å². The largest absolute Gasteiger partial charge is 0.299 e. The molecule has 0 saturated heterocycles. The Morgan fingerprint density at radius 3 is 2.16 bits per heavy atom. The molecule has 3 rings (SSSR count). The summed E-state index contributed by atoms with van der Waals surface area (Å²) in [5.74, 6) is 0.249. The van der Waals surface area contributed by atoms with Crippen LogP contribution in [0.5, 0.6) is 0 Å². The predicted octanol–water partition coefficient (Wildman–Crippen LogP) is 3.78. The van der Waals surface area contributed by atoms with Gasteiger partial charge in [0, 0.05) is 22.5 Å². The molecule has 0 atom stereocenters. The van der Waals surface area contributed by atoms with Crippen LogP contribution in [-0.2, 0) is 10.0 Å². The zero-order chi connectivity index (χ0) is 18.2. The van der Waals surface area contributed by atoms with Crippen molar-refractivity contribution in [2.45, 2.75) is 11.3 Å². The second-order valence-corrected chi connectivity index (χ2v) is 7.20. The van der Waals surface area contributed by atoms with Crippen LogP contribution in [-0.4, -0.2) is 18.0 Å². The summed E-state index contributed by atoms with van der Waals surface area (Å²) in [4.78, 5) is 3.90. The average molecular weight is 384 g/mol. The van der Waals surface area contributed by atoms with Crippen LogP contribution in [0.4, 0.5) is 8.78 Å². The molecule has 25 heavy (non-hydrogen) atoms. The molecule has 9 heteroatoms. The number of halogens is 3. The first-order valence-corrected chi connectivity index (χ1v) is 8.95. The van der Waals surface area contributed by atoms with Crippen molar-refractivity contribution in [1.82, 2.24) is 9.55 Å². The molecule has 130 valence electrons. The summed E-state index contributed by atoms with van der Waals surface area (Å²) in [5, 5.41) is 5.58. The van der Waals surface area contributed by atoms with Gasteiger partial charge in [-0.1, -0.05) is 11.6 Å². The Morgan fingerprint density at radius 1 is 1.04 bits per heavy atom. The van der Waals surface area contributed by atoms with Crippen LogP contribution >= 0.6 is 11.6 Å². The first kappa shape index (κ1) is 17.5. The fourth-order valence-electron chi connectivity index (χ4n) is 2.30. The lowest BCUT2D eigenvalue weighted by Crippen LogP contribution is -2.11. The molecule has 0 radical (unpaired) electrons. The minimum absolute atomic E-state index is 0.0741. The van der Waals surface area contributed by atoms with Gasteiger partial charge in [-0.15, -0.1) is 0 Å². The van der Waals surface area contributed by atoms with Crippen LogP contribution in [0.3, 0.4) is 0 Å². The number of nitrogens with two attached hydrogens (primary N) is 1. The van der Waals surface area contributed by atoms with E-state index in [1.165, 1.54) is 35.0 Å². The second-order valence-electron chi connectivity index (χ2n) is 5.21. The molecule has 0 unspecified atom stereocenters. The highest BCUT2D eigenvalue weighted by Crippen LogP contribution is 2.28. The molecule has 0 amide bonds. The maximum atomic E-state index is 13.1. The molecule has 1 aromatic heterocycles. The van der Waals surface area contributed by atoms with Crippen molar-refractivity contribution in [3.05, 3.63) is 65.4 Å². The fourth-order valence-corrected chi connectivity index (χ4v) is 2.94. The summed E-state index contributed by atoms with van der Waals surface area (Å²) < 4.78 is 50.3. The number of rotatable bonds is 4. The van der Waals surface area contributed by atoms with E-state index in [0.717, 1.165) is 0 Å². The first-order chi connectivity index (χ1) is 11.8. The van der Waals surface area contributed by atoms with Gasteiger partial charge in [0.25, 0.3) is 6.43 Å². The molecule has 0 spiro atoms. The van der Waals surface area contributed by atoms with Crippen molar-refractivity contribution < 1.29 is 17.2 Å². The predicted molar refractivity (Wildman–Crippen MR) is 90.3 cm³/mol. The van der Waals surface area contributed by atoms with E-state index in [-0.39, 0.29) is 16.4 Å². The quantitative estimate of drug-likeness (QED) is 0.744. The van der Waals surface area contributed by atoms with E-state index in [9.17, 15) is 17.2 Å². The first-order valence-electron chi connectivity index (χ1n) is 7.02. The highest BCUT2D eigenvalue weighted by Gasteiger charge is 2.18. The fraction of sp³-hybridized carbons (Fsp3) is 0.0625. The zero-order valence-electron chi connectivity index (χ0n) is 12.6. The number of primary sulfonamides is 1. The van der Waals surface area contributed by atoms with Crippen molar-refractivity contribution in [1.29, 1.82) is 0 Å². The average Bonchev–Trinajstić information content (AvgIpc) is 3.00. The number of hydrogen-bond donors (Lipinski definition) is 1. The van der Waals surface area contributed by atoms with Gasteiger partial charge < -0.3 is 0 Å². The highest BCUT2D eigenvalue weighted by molar-refractivity contribution is 7.89. The minimum atomic E-state index is -3.84. The van der Waals surface area contributed by atoms with Crippen LogP contribution < -0.4 is 5.14 Å². The molecule has 2 aromatic carbocycles. The molecule has 5 nitrogen and oxygen atoms in total. The van der Waals surface area contributed by atoms with Crippen molar-refractivity contribution in [2.75, 3.05) is 0 Å². The smallest absolute Gasteiger partial charge is 0.281 e. The minimum Gasteiger partial charge on any atom is -0.299 e. The number of sulfonamides is 1. The Balaban J connectivity index is 2.13. The van der Waals surface area contributed by atoms with Gasteiger partial charge in [0.1, 0.15) is 11.5 Å². The number of aromatic nitrogens is 2. The Morgan fingerprint density at radius 2 is 1.64 bits per heavy atom. The lowest BCUT2D eigenvalue weighted by molar-refractivity contribution is 0.146. The number of nitrogens with zero attached hydrogens (tertiary/aromatic N) is 2. The van der Waals surface area contributed by atoms with Gasteiger partial charge in [0.2, 0.25) is 10.0 Å². The summed E-state index contributed by atoms with van der Waals surface area (Å²) in [6, 6.07) is 12.1. The Bertz CT molecular complexity index is 1000. The molecule has 2 N–H and O–H groups in total. The Hall–Kier alpha value is -2.29. The third-order valence-electron chi connectivity index (χ3n) is 3.49. The van der Waals surface area contributed by atoms with E-state index in [1.807, 2.05) is 0 Å². The normalized spacial score (nSPS) is 11.9. The molecular formula is C16H12ClF2N3O2S. The third-order valence-corrected chi connectivity index (χ3v) is 4.68. The summed E-state index contributed by atoms with van der Waals surface area (Å²) >= 11 is 5.86. The van der Waals surface area contributed by atoms with Crippen molar-refractivity contribution in [3.8, 4) is 17.1 Å². The second kappa shape index (κ2) is 6.55. The summed E-state index contributed by atoms with van der Waals surface area (Å²) in [6.07, 6.45) is -1.51. The van der Waals surface area contributed by atoms with Gasteiger partial charge in [-0.3, -0.25) is 4.57 Å². The number of hydrogen-bond acceptors (Lipinski definition) is 3. The SMILES string of the molecule is NS(=O)(=O)c1ccc(-c2nc(C(F)F)cn2-c2ccc(Cl)cc2)cc1. The number of alkyl halides is 2. The molecule has 1 heterocycles. The van der Waals surface area contributed by atoms with Gasteiger partial charge in [0.15, 0.2) is 0 Å². The lowest BCUT2D eigenvalue weighted by atomic mass is 10.2. The van der Waals surface area contributed by atoms with Crippen LogP contribution in [0.2, 0.25) is 5.02 Å². The molecule has 0 bridgehead atoms. The van der Waals surface area contributed by atoms with Crippen molar-refractivity contribution in [3.63, 3.8) is 0 Å². The zero-order valence-corrected chi connectivity index (χ0v) is 14.2.